The summed E-state index contributed by atoms with van der Waals surface area (Å²) in [6.07, 6.45) is -0.389. The molecule has 9 N–H and O–H groups in total. The van der Waals surface area contributed by atoms with Gasteiger partial charge in [-0.3, -0.25) is 19.4 Å². The fourth-order valence-corrected chi connectivity index (χ4v) is 5.48. The zero-order valence-electron chi connectivity index (χ0n) is 25.6. The molecule has 46 heavy (non-hydrogen) atoms. The number of anilines is 1. The molecular formula is C31H43N5O10. The molecule has 5 rings (SSSR count). The van der Waals surface area contributed by atoms with Crippen LogP contribution in [-0.2, 0) is 14.4 Å². The first-order valence-corrected chi connectivity index (χ1v) is 14.5. The van der Waals surface area contributed by atoms with E-state index in [0.717, 1.165) is 55.9 Å². The summed E-state index contributed by atoms with van der Waals surface area (Å²) in [5.74, 6) is -3.70. The second-order valence-corrected chi connectivity index (χ2v) is 11.0. The lowest BCUT2D eigenvalue weighted by Crippen LogP contribution is -2.55. The van der Waals surface area contributed by atoms with Crippen molar-refractivity contribution in [1.82, 2.24) is 19.7 Å². The van der Waals surface area contributed by atoms with Gasteiger partial charge in [0.15, 0.2) is 12.2 Å². The van der Waals surface area contributed by atoms with Gasteiger partial charge >= 0.3 is 11.9 Å². The maximum Gasteiger partial charge on any atom is 0.335 e. The third-order valence-corrected chi connectivity index (χ3v) is 8.10. The summed E-state index contributed by atoms with van der Waals surface area (Å²) >= 11 is 0. The molecule has 2 unspecified atom stereocenters. The van der Waals surface area contributed by atoms with E-state index in [-0.39, 0.29) is 29.3 Å². The van der Waals surface area contributed by atoms with Crippen molar-refractivity contribution in [2.45, 2.75) is 31.1 Å². The van der Waals surface area contributed by atoms with Gasteiger partial charge in [0.2, 0.25) is 5.91 Å². The summed E-state index contributed by atoms with van der Waals surface area (Å²) < 4.78 is 0. The predicted octanol–water partition coefficient (Wildman–Crippen LogP) is -0.719. The van der Waals surface area contributed by atoms with E-state index in [2.05, 4.69) is 21.8 Å². The van der Waals surface area contributed by atoms with Crippen molar-refractivity contribution in [3.63, 3.8) is 0 Å². The van der Waals surface area contributed by atoms with Crippen LogP contribution >= 0.6 is 0 Å². The highest BCUT2D eigenvalue weighted by Gasteiger charge is 2.31. The first-order valence-electron chi connectivity index (χ1n) is 14.5. The van der Waals surface area contributed by atoms with Crippen LogP contribution in [0.2, 0.25) is 0 Å². The van der Waals surface area contributed by atoms with E-state index in [9.17, 15) is 19.2 Å². The maximum atomic E-state index is 13.6. The second kappa shape index (κ2) is 17.4. The normalized spacial score (nSPS) is 17.0. The van der Waals surface area contributed by atoms with Crippen molar-refractivity contribution in [3.8, 4) is 0 Å². The number of piperidine rings is 1. The van der Waals surface area contributed by atoms with E-state index >= 15 is 0 Å². The molecule has 0 spiro atoms. The van der Waals surface area contributed by atoms with Gasteiger partial charge < -0.3 is 46.2 Å². The van der Waals surface area contributed by atoms with Crippen LogP contribution in [0, 0.1) is 0 Å². The number of nitrogens with zero attached hydrogens (tertiary/aromatic N) is 4. The van der Waals surface area contributed by atoms with E-state index in [1.807, 2.05) is 59.5 Å². The number of aromatic nitrogens is 1. The highest BCUT2D eigenvalue weighted by molar-refractivity contribution is 6.15. The number of hydrogen-bond acceptors (Lipinski definition) is 8. The number of aromatic amines is 1. The predicted molar refractivity (Wildman–Crippen MR) is 170 cm³/mol. The number of aliphatic carboxylic acids is 2. The van der Waals surface area contributed by atoms with E-state index in [0.29, 0.717) is 11.6 Å². The quantitative estimate of drug-likeness (QED) is 0.206. The molecule has 3 aromatic rings. The highest BCUT2D eigenvalue weighted by Crippen LogP contribution is 2.24. The van der Waals surface area contributed by atoms with Gasteiger partial charge in [-0.05, 0) is 51.2 Å². The third-order valence-electron chi connectivity index (χ3n) is 8.10. The molecule has 15 nitrogen and oxygen atoms in total. The van der Waals surface area contributed by atoms with E-state index in [4.69, 9.17) is 20.4 Å². The van der Waals surface area contributed by atoms with E-state index < -0.39 is 24.1 Å². The largest absolute Gasteiger partial charge is 0.479 e. The van der Waals surface area contributed by atoms with Crippen LogP contribution in [0.3, 0.4) is 0 Å². The zero-order chi connectivity index (χ0) is 31.8. The molecule has 0 aliphatic carbocycles. The number of aliphatic hydroxyl groups excluding tert-OH is 2. The van der Waals surface area contributed by atoms with Gasteiger partial charge in [0.1, 0.15) is 6.54 Å². The fraction of sp³-hybridized carbons (Fsp3) is 0.419. The van der Waals surface area contributed by atoms with Crippen LogP contribution in [0.5, 0.6) is 0 Å². The van der Waals surface area contributed by atoms with Gasteiger partial charge in [-0.1, -0.05) is 36.4 Å². The molecule has 0 bridgehead atoms. The van der Waals surface area contributed by atoms with Crippen molar-refractivity contribution < 1.29 is 50.6 Å². The minimum absolute atomic E-state index is 0. The molecule has 2 aliphatic rings. The lowest BCUT2D eigenvalue weighted by molar-refractivity contribution is -0.165. The topological polar surface area (TPSA) is 241 Å². The minimum Gasteiger partial charge on any atom is -0.479 e. The van der Waals surface area contributed by atoms with Gasteiger partial charge in [0.25, 0.3) is 5.91 Å². The number of amides is 2. The van der Waals surface area contributed by atoms with Crippen LogP contribution in [0.4, 0.5) is 5.69 Å². The number of aliphatic hydroxyl groups is 2. The van der Waals surface area contributed by atoms with E-state index in [1.165, 1.54) is 12.8 Å². The molecule has 0 saturated carbocycles. The Bertz CT molecular complexity index is 1420. The number of hydrogen-bond donors (Lipinski definition) is 5. The molecule has 3 heterocycles. The third kappa shape index (κ3) is 9.32. The number of likely N-dealkylation sites (tertiary alicyclic amines) is 1. The van der Waals surface area contributed by atoms with Crippen molar-refractivity contribution in [2.24, 2.45) is 0 Å². The van der Waals surface area contributed by atoms with Crippen LogP contribution in [0.15, 0.2) is 60.8 Å². The van der Waals surface area contributed by atoms with Crippen molar-refractivity contribution in [1.29, 1.82) is 0 Å². The number of piperazine rings is 1. The Morgan fingerprint density at radius 2 is 1.37 bits per heavy atom. The standard InChI is InChI=1S/C27H33N5O2.C4H6O6.2H2O/c1-29-13-11-21(12-14-29)30-15-17-31(18-16-30)26(33)20-32(22-7-3-2-4-8-22)27(34)24-19-28-25-10-6-5-9-23(24)25;5-1(3(7)8)2(6)4(9)10;;/h2-10,19,21,28H,11-18,20H2,1H3;1-2,5-6H,(H,7,8)(H,9,10);2*1H2. The van der Waals surface area contributed by atoms with Crippen LogP contribution in [0.1, 0.15) is 23.2 Å². The van der Waals surface area contributed by atoms with Gasteiger partial charge in [0.05, 0.1) is 5.56 Å². The Labute approximate surface area is 265 Å². The number of nitrogens with one attached hydrogen (secondary N) is 1. The average Bonchev–Trinajstić information content (AvgIpc) is 3.48. The number of carbonyl (C=O) groups is 4. The Balaban J connectivity index is 0.000000535. The Hall–Kier alpha value is -4.38. The summed E-state index contributed by atoms with van der Waals surface area (Å²) in [5.41, 5.74) is 2.23. The van der Waals surface area contributed by atoms with Crippen LogP contribution < -0.4 is 4.90 Å². The fourth-order valence-electron chi connectivity index (χ4n) is 5.48. The molecule has 2 aromatic carbocycles. The first-order chi connectivity index (χ1) is 21.1. The van der Waals surface area contributed by atoms with Crippen LogP contribution in [-0.4, -0.2) is 146 Å². The molecule has 2 aliphatic heterocycles. The number of carboxylic acid groups (broad SMARTS) is 2. The molecular weight excluding hydrogens is 602 g/mol. The Morgan fingerprint density at radius 1 is 0.826 bits per heavy atom. The van der Waals surface area contributed by atoms with Crippen molar-refractivity contribution in [3.05, 3.63) is 66.4 Å². The number of H-pyrrole nitrogens is 1. The number of carbonyl (C=O) groups excluding carboxylic acids is 2. The molecule has 15 heteroatoms. The molecule has 2 fully saturated rings. The molecule has 2 atom stereocenters. The van der Waals surface area contributed by atoms with Gasteiger partial charge in [0, 0.05) is 55.0 Å². The summed E-state index contributed by atoms with van der Waals surface area (Å²) in [7, 11) is 2.18. The van der Waals surface area contributed by atoms with Gasteiger partial charge in [-0.2, -0.15) is 0 Å². The van der Waals surface area contributed by atoms with Crippen molar-refractivity contribution >= 4 is 40.3 Å². The number of para-hydroxylation sites is 2. The minimum atomic E-state index is -2.27. The number of carboxylic acids is 2. The molecule has 2 amide bonds. The maximum absolute atomic E-state index is 13.6. The zero-order valence-corrected chi connectivity index (χ0v) is 25.6. The molecule has 0 radical (unpaired) electrons. The van der Waals surface area contributed by atoms with Gasteiger partial charge in [-0.15, -0.1) is 0 Å². The SMILES string of the molecule is CN1CCC(N2CCN(C(=O)CN(C(=O)c3c[nH]c4ccccc34)c3ccccc3)CC2)CC1.O.O.O=C(O)C(O)C(O)C(=O)O. The number of benzene rings is 2. The lowest BCUT2D eigenvalue weighted by atomic mass is 10.0. The summed E-state index contributed by atoms with van der Waals surface area (Å²) in [5, 5.41) is 33.4. The van der Waals surface area contributed by atoms with E-state index in [1.54, 1.807) is 11.1 Å². The highest BCUT2D eigenvalue weighted by atomic mass is 16.4. The number of rotatable bonds is 8. The van der Waals surface area contributed by atoms with Crippen LogP contribution in [0.25, 0.3) is 10.9 Å². The Kier molecular flexibility index (Phi) is 14.3. The summed E-state index contributed by atoms with van der Waals surface area (Å²) in [6.45, 7) is 5.57. The molecule has 2 saturated heterocycles. The van der Waals surface area contributed by atoms with Crippen molar-refractivity contribution in [2.75, 3.05) is 57.8 Å². The number of fused-ring (bicyclic) bond motifs is 1. The summed E-state index contributed by atoms with van der Waals surface area (Å²) in [4.78, 5) is 58.2. The molecule has 1 aromatic heterocycles. The average molecular weight is 646 g/mol. The smallest absolute Gasteiger partial charge is 0.335 e. The molecule has 252 valence electrons. The second-order valence-electron chi connectivity index (χ2n) is 11.0. The monoisotopic (exact) mass is 645 g/mol. The Morgan fingerprint density at radius 3 is 1.93 bits per heavy atom. The van der Waals surface area contributed by atoms with Gasteiger partial charge in [-0.25, -0.2) is 9.59 Å². The summed E-state index contributed by atoms with van der Waals surface area (Å²) in [6, 6.07) is 17.9. The first kappa shape index (κ1) is 37.8. The lowest BCUT2D eigenvalue weighted by Gasteiger charge is -2.42.